The first-order valence-electron chi connectivity index (χ1n) is 8.25. The van der Waals surface area contributed by atoms with Gasteiger partial charge in [-0.2, -0.15) is 13.2 Å². The largest absolute Gasteiger partial charge is 0.416 e. The number of hydrogen-bond donors (Lipinski definition) is 1. The summed E-state index contributed by atoms with van der Waals surface area (Å²) < 4.78 is 40.5. The molecule has 0 amide bonds. The van der Waals surface area contributed by atoms with Crippen molar-refractivity contribution in [1.29, 1.82) is 0 Å². The summed E-state index contributed by atoms with van der Waals surface area (Å²) in [6, 6.07) is 9.26. The van der Waals surface area contributed by atoms with Crippen molar-refractivity contribution in [3.63, 3.8) is 0 Å². The summed E-state index contributed by atoms with van der Waals surface area (Å²) in [7, 11) is 0. The maximum atomic E-state index is 13.5. The van der Waals surface area contributed by atoms with Crippen LogP contribution >= 0.6 is 11.6 Å². The maximum absolute atomic E-state index is 13.5. The van der Waals surface area contributed by atoms with Gasteiger partial charge in [-0.05, 0) is 54.2 Å². The molecular weight excluding hydrogens is 347 g/mol. The van der Waals surface area contributed by atoms with E-state index >= 15 is 0 Å². The molecule has 0 unspecified atom stereocenters. The quantitative estimate of drug-likeness (QED) is 0.571. The minimum Gasteiger partial charge on any atom is -0.377 e. The second kappa shape index (κ2) is 5.80. The van der Waals surface area contributed by atoms with Crippen molar-refractivity contribution in [2.75, 3.05) is 5.32 Å². The molecule has 0 fully saturated rings. The fraction of sp³-hybridized carbons (Fsp3) is 0.300. The van der Waals surface area contributed by atoms with Crippen LogP contribution in [0.2, 0.25) is 5.02 Å². The molecule has 0 saturated carbocycles. The van der Waals surface area contributed by atoms with E-state index in [1.54, 1.807) is 12.1 Å². The van der Waals surface area contributed by atoms with Gasteiger partial charge in [0.1, 0.15) is 0 Å². The van der Waals surface area contributed by atoms with E-state index in [-0.39, 0.29) is 17.9 Å². The van der Waals surface area contributed by atoms with E-state index in [0.717, 1.165) is 23.2 Å². The molecule has 2 aromatic carbocycles. The molecule has 130 valence electrons. The highest BCUT2D eigenvalue weighted by Gasteiger charge is 2.42. The summed E-state index contributed by atoms with van der Waals surface area (Å²) in [5.74, 6) is 0.133. The van der Waals surface area contributed by atoms with Gasteiger partial charge in [0.05, 0.1) is 11.6 Å². The van der Waals surface area contributed by atoms with Crippen molar-refractivity contribution < 1.29 is 13.2 Å². The van der Waals surface area contributed by atoms with E-state index in [2.05, 4.69) is 17.5 Å². The van der Waals surface area contributed by atoms with Crippen molar-refractivity contribution >= 4 is 17.3 Å². The molecule has 5 heteroatoms. The summed E-state index contributed by atoms with van der Waals surface area (Å²) >= 11 is 6.21. The van der Waals surface area contributed by atoms with Gasteiger partial charge in [0.15, 0.2) is 0 Å². The third kappa shape index (κ3) is 2.73. The van der Waals surface area contributed by atoms with Crippen LogP contribution in [0, 0.1) is 12.8 Å². The number of halogens is 4. The molecule has 1 heterocycles. The van der Waals surface area contributed by atoms with Gasteiger partial charge in [-0.25, -0.2) is 0 Å². The fourth-order valence-corrected chi connectivity index (χ4v) is 4.46. The summed E-state index contributed by atoms with van der Waals surface area (Å²) in [5, 5.41) is 4.05. The normalized spacial score (nSPS) is 24.6. The van der Waals surface area contributed by atoms with Gasteiger partial charge in [-0.1, -0.05) is 42.0 Å². The van der Waals surface area contributed by atoms with Crippen LogP contribution in [-0.4, -0.2) is 0 Å². The highest BCUT2D eigenvalue weighted by Crippen LogP contribution is 2.52. The highest BCUT2D eigenvalue weighted by molar-refractivity contribution is 6.30. The lowest BCUT2D eigenvalue weighted by molar-refractivity contribution is -0.138. The Bertz CT molecular complexity index is 857. The molecule has 1 aliphatic carbocycles. The van der Waals surface area contributed by atoms with Gasteiger partial charge in [0.2, 0.25) is 0 Å². The molecule has 1 nitrogen and oxygen atoms in total. The first kappa shape index (κ1) is 16.5. The third-order valence-corrected chi connectivity index (χ3v) is 5.45. The Morgan fingerprint density at radius 2 is 1.88 bits per heavy atom. The summed E-state index contributed by atoms with van der Waals surface area (Å²) in [5.41, 5.74) is 2.68. The Labute approximate surface area is 149 Å². The average Bonchev–Trinajstić information content (AvgIpc) is 3.03. The van der Waals surface area contributed by atoms with Crippen molar-refractivity contribution in [2.24, 2.45) is 5.92 Å². The van der Waals surface area contributed by atoms with Crippen molar-refractivity contribution in [3.05, 3.63) is 75.8 Å². The predicted molar refractivity (Wildman–Crippen MR) is 94.0 cm³/mol. The molecule has 25 heavy (non-hydrogen) atoms. The lowest BCUT2D eigenvalue weighted by Crippen LogP contribution is -2.31. The smallest absolute Gasteiger partial charge is 0.377 e. The molecule has 2 aliphatic rings. The van der Waals surface area contributed by atoms with Crippen molar-refractivity contribution in [3.8, 4) is 0 Å². The monoisotopic (exact) mass is 363 g/mol. The van der Waals surface area contributed by atoms with E-state index in [0.29, 0.717) is 10.6 Å². The predicted octanol–water partition coefficient (Wildman–Crippen LogP) is 6.49. The number of aryl methyl sites for hydroxylation is 1. The number of hydrogen-bond acceptors (Lipinski definition) is 1. The molecule has 0 bridgehead atoms. The van der Waals surface area contributed by atoms with Gasteiger partial charge in [-0.15, -0.1) is 0 Å². The Hall–Kier alpha value is -1.94. The Morgan fingerprint density at radius 1 is 1.12 bits per heavy atom. The topological polar surface area (TPSA) is 12.0 Å². The van der Waals surface area contributed by atoms with Crippen LogP contribution in [0.3, 0.4) is 0 Å². The molecule has 1 aliphatic heterocycles. The standard InChI is InChI=1S/C20H17ClF3N/c1-11-9-12(21)10-16-13-6-4-7-14(13)19(25-18(11)16)15-5-2-3-8-17(15)20(22,23)24/h2-6,8-10,13-14,19,25H,7H2,1H3/t13-,14+,19+/m1/s1. The summed E-state index contributed by atoms with van der Waals surface area (Å²) in [6.45, 7) is 1.93. The van der Waals surface area contributed by atoms with Gasteiger partial charge in [0.25, 0.3) is 0 Å². The third-order valence-electron chi connectivity index (χ3n) is 5.23. The molecule has 4 rings (SSSR count). The van der Waals surface area contributed by atoms with E-state index in [9.17, 15) is 13.2 Å². The van der Waals surface area contributed by atoms with Crippen LogP contribution in [0.15, 0.2) is 48.6 Å². The van der Waals surface area contributed by atoms with Crippen LogP contribution in [-0.2, 0) is 6.18 Å². The number of fused-ring (bicyclic) bond motifs is 3. The lowest BCUT2D eigenvalue weighted by Gasteiger charge is -2.39. The molecule has 3 atom stereocenters. The van der Waals surface area contributed by atoms with Crippen LogP contribution in [0.5, 0.6) is 0 Å². The lowest BCUT2D eigenvalue weighted by atomic mass is 9.75. The van der Waals surface area contributed by atoms with E-state index in [4.69, 9.17) is 11.6 Å². The van der Waals surface area contributed by atoms with E-state index < -0.39 is 11.7 Å². The Balaban J connectivity index is 1.86. The minimum absolute atomic E-state index is 0.0499. The molecule has 2 aromatic rings. The Morgan fingerprint density at radius 3 is 2.64 bits per heavy atom. The Kier molecular flexibility index (Phi) is 3.84. The van der Waals surface area contributed by atoms with Gasteiger partial charge in [-0.3, -0.25) is 0 Å². The zero-order valence-corrected chi connectivity index (χ0v) is 14.3. The fourth-order valence-electron chi connectivity index (χ4n) is 4.18. The number of benzene rings is 2. The zero-order chi connectivity index (χ0) is 17.8. The summed E-state index contributed by atoms with van der Waals surface area (Å²) in [4.78, 5) is 0. The number of nitrogens with one attached hydrogen (secondary N) is 1. The number of alkyl halides is 3. The van der Waals surface area contributed by atoms with Crippen LogP contribution in [0.4, 0.5) is 18.9 Å². The van der Waals surface area contributed by atoms with Crippen molar-refractivity contribution in [2.45, 2.75) is 31.5 Å². The second-order valence-corrected chi connectivity index (χ2v) is 7.18. The van der Waals surface area contributed by atoms with Gasteiger partial charge < -0.3 is 5.32 Å². The first-order chi connectivity index (χ1) is 11.9. The van der Waals surface area contributed by atoms with E-state index in [1.165, 1.54) is 12.1 Å². The highest BCUT2D eigenvalue weighted by atomic mass is 35.5. The van der Waals surface area contributed by atoms with Gasteiger partial charge in [0, 0.05) is 16.6 Å². The van der Waals surface area contributed by atoms with Crippen LogP contribution < -0.4 is 5.32 Å². The van der Waals surface area contributed by atoms with Crippen LogP contribution in [0.25, 0.3) is 0 Å². The molecule has 0 spiro atoms. The first-order valence-corrected chi connectivity index (χ1v) is 8.63. The number of allylic oxidation sites excluding steroid dienone is 2. The zero-order valence-electron chi connectivity index (χ0n) is 13.6. The minimum atomic E-state index is -4.37. The van der Waals surface area contributed by atoms with Gasteiger partial charge >= 0.3 is 6.18 Å². The number of rotatable bonds is 1. The van der Waals surface area contributed by atoms with Crippen LogP contribution in [0.1, 0.15) is 40.6 Å². The molecule has 0 radical (unpaired) electrons. The second-order valence-electron chi connectivity index (χ2n) is 6.75. The number of anilines is 1. The molecule has 1 N–H and O–H groups in total. The molecule has 0 aromatic heterocycles. The summed E-state index contributed by atoms with van der Waals surface area (Å²) in [6.07, 6.45) is 0.545. The maximum Gasteiger partial charge on any atom is 0.416 e. The molecular formula is C20H17ClF3N. The molecule has 0 saturated heterocycles. The SMILES string of the molecule is Cc1cc(Cl)cc2c1N[C@H](c1ccccc1C(F)(F)F)[C@H]1CC=C[C@@H]21. The van der Waals surface area contributed by atoms with Crippen molar-refractivity contribution in [1.82, 2.24) is 0 Å². The van der Waals surface area contributed by atoms with E-state index in [1.807, 2.05) is 19.1 Å². The average molecular weight is 364 g/mol.